The van der Waals surface area contributed by atoms with Crippen molar-refractivity contribution in [3.05, 3.63) is 76.3 Å². The standard InChI is InChI=1S/C41H42O17/c1-15(33-20-9-18(16-4-5-22(43)26(47)6-16)23(44)10-19(20)24(45)12-27(33)48)34-28(49)13-25(46)21-11-31(56-41-38(53)37(52)36(51)32(14-42)57-41)39(58-40(21)34)17-7-29(54-2)35(50)30(8-17)55-3/h4-8,11-13,15,18,23,32,36-38,41-42,44,51-53H,9-10,14H2,1-3H3,(H6-,43,45,46,47,48,49,50)/p+1/t15?,18?,23?,32-,36-,37+,38-,41-/m1/s1. The van der Waals surface area contributed by atoms with E-state index in [9.17, 15) is 61.3 Å². The summed E-state index contributed by atoms with van der Waals surface area (Å²) in [5.41, 5.74) is 1.44. The fourth-order valence-corrected chi connectivity index (χ4v) is 7.96. The fourth-order valence-electron chi connectivity index (χ4n) is 7.96. The number of aromatic hydroxyl groups is 7. The molecule has 1 aliphatic carbocycles. The third kappa shape index (κ3) is 6.80. The normalized spacial score (nSPS) is 23.6. The zero-order valence-corrected chi connectivity index (χ0v) is 31.3. The fraction of sp³-hybridized carbons (Fsp3) is 0.341. The predicted molar refractivity (Wildman–Crippen MR) is 202 cm³/mol. The summed E-state index contributed by atoms with van der Waals surface area (Å²) in [6, 6.07) is 10.3. The molecule has 1 aromatic heterocycles. The van der Waals surface area contributed by atoms with Crippen LogP contribution in [0.25, 0.3) is 22.3 Å². The molecule has 7 rings (SSSR count). The Morgan fingerprint density at radius 1 is 0.690 bits per heavy atom. The second-order valence-corrected chi connectivity index (χ2v) is 14.4. The first-order valence-corrected chi connectivity index (χ1v) is 18.1. The second-order valence-electron chi connectivity index (χ2n) is 14.4. The van der Waals surface area contributed by atoms with E-state index in [4.69, 9.17) is 23.4 Å². The SMILES string of the molecule is COc1cc(-c2[o+]c3c(C(C)c4c(O)cc(O)c5c4CC(c4ccc(O)c(O)c4)C(O)C5)c(O)cc(O)c3cc2O[C@@H]2O[C@H](CO)[C@@H](O)[C@H](O)[C@H]2O)cc(OC)c1O. The van der Waals surface area contributed by atoms with Gasteiger partial charge in [0, 0.05) is 59.7 Å². The van der Waals surface area contributed by atoms with Crippen LogP contribution in [0.3, 0.4) is 0 Å². The summed E-state index contributed by atoms with van der Waals surface area (Å²) in [4.78, 5) is 0. The average molecular weight is 808 g/mol. The van der Waals surface area contributed by atoms with E-state index in [0.29, 0.717) is 16.7 Å². The van der Waals surface area contributed by atoms with Crippen LogP contribution in [-0.4, -0.2) is 119 Å². The quantitative estimate of drug-likeness (QED) is 0.0753. The molecule has 308 valence electrons. The zero-order valence-electron chi connectivity index (χ0n) is 31.3. The molecule has 2 heterocycles. The number of phenols is 7. The molecule has 1 saturated heterocycles. The molecule has 0 amide bonds. The van der Waals surface area contributed by atoms with Gasteiger partial charge in [-0.2, -0.15) is 0 Å². The molecule has 58 heavy (non-hydrogen) atoms. The number of phenolic OH excluding ortho intramolecular Hbond substituents is 7. The maximum atomic E-state index is 11.6. The molecule has 12 N–H and O–H groups in total. The summed E-state index contributed by atoms with van der Waals surface area (Å²) < 4.78 is 28.9. The first-order chi connectivity index (χ1) is 27.6. The highest BCUT2D eigenvalue weighted by atomic mass is 16.7. The lowest BCUT2D eigenvalue weighted by molar-refractivity contribution is -0.277. The van der Waals surface area contributed by atoms with Gasteiger partial charge >= 0.3 is 11.3 Å². The highest BCUT2D eigenvalue weighted by molar-refractivity contribution is 5.92. The Morgan fingerprint density at radius 3 is 1.98 bits per heavy atom. The lowest BCUT2D eigenvalue weighted by atomic mass is 9.73. The van der Waals surface area contributed by atoms with Crippen LogP contribution in [0, 0.1) is 0 Å². The molecule has 5 aromatic rings. The molecule has 1 aliphatic heterocycles. The van der Waals surface area contributed by atoms with E-state index in [1.54, 1.807) is 6.92 Å². The Kier molecular flexibility index (Phi) is 10.7. The van der Waals surface area contributed by atoms with E-state index in [1.807, 2.05) is 0 Å². The summed E-state index contributed by atoms with van der Waals surface area (Å²) in [7, 11) is 2.57. The minimum atomic E-state index is -1.86. The first kappa shape index (κ1) is 40.3. The third-order valence-corrected chi connectivity index (χ3v) is 11.0. The number of methoxy groups -OCH3 is 2. The second kappa shape index (κ2) is 15.4. The summed E-state index contributed by atoms with van der Waals surface area (Å²) in [6.07, 6.45) is -9.51. The molecule has 17 nitrogen and oxygen atoms in total. The summed E-state index contributed by atoms with van der Waals surface area (Å²) in [5.74, 6) is -5.01. The molecule has 0 saturated carbocycles. The van der Waals surface area contributed by atoms with Gasteiger partial charge in [0.1, 0.15) is 58.4 Å². The Labute approximate surface area is 329 Å². The summed E-state index contributed by atoms with van der Waals surface area (Å²) in [5, 5.41) is 129. The van der Waals surface area contributed by atoms with Gasteiger partial charge in [-0.25, -0.2) is 4.42 Å². The molecule has 1 fully saturated rings. The van der Waals surface area contributed by atoms with Gasteiger partial charge < -0.3 is 80.2 Å². The van der Waals surface area contributed by atoms with Crippen molar-refractivity contribution in [3.63, 3.8) is 0 Å². The Morgan fingerprint density at radius 2 is 1.34 bits per heavy atom. The minimum absolute atomic E-state index is 0.0271. The number of ether oxygens (including phenoxy) is 4. The molecule has 17 heteroatoms. The highest BCUT2D eigenvalue weighted by Gasteiger charge is 2.46. The first-order valence-electron chi connectivity index (χ1n) is 18.1. The number of fused-ring (bicyclic) bond motifs is 2. The molecule has 3 unspecified atom stereocenters. The zero-order chi connectivity index (χ0) is 41.9. The number of hydrogen-bond acceptors (Lipinski definition) is 16. The Balaban J connectivity index is 1.43. The Hall–Kier alpha value is -5.95. The van der Waals surface area contributed by atoms with Crippen LogP contribution in [-0.2, 0) is 17.6 Å². The van der Waals surface area contributed by atoms with Gasteiger partial charge in [-0.15, -0.1) is 0 Å². The lowest BCUT2D eigenvalue weighted by Crippen LogP contribution is -2.60. The number of benzene rings is 4. The molecule has 2 aliphatic rings. The smallest absolute Gasteiger partial charge is 0.402 e. The third-order valence-electron chi connectivity index (χ3n) is 11.0. The van der Waals surface area contributed by atoms with Gasteiger partial charge in [0.2, 0.25) is 17.8 Å². The van der Waals surface area contributed by atoms with E-state index in [1.165, 1.54) is 50.6 Å². The molecular weight excluding hydrogens is 764 g/mol. The molecular formula is C41H43O17+. The lowest BCUT2D eigenvalue weighted by Gasteiger charge is -2.39. The number of rotatable bonds is 9. The maximum Gasteiger partial charge on any atom is 0.402 e. The predicted octanol–water partition coefficient (Wildman–Crippen LogP) is 2.91. The molecule has 0 radical (unpaired) electrons. The number of aliphatic hydroxyl groups excluding tert-OH is 5. The van der Waals surface area contributed by atoms with Crippen molar-refractivity contribution in [1.29, 1.82) is 0 Å². The van der Waals surface area contributed by atoms with Crippen LogP contribution < -0.4 is 14.2 Å². The van der Waals surface area contributed by atoms with Crippen LogP contribution in [0.1, 0.15) is 46.6 Å². The van der Waals surface area contributed by atoms with E-state index in [2.05, 4.69) is 0 Å². The monoisotopic (exact) mass is 807 g/mol. The van der Waals surface area contributed by atoms with Gasteiger partial charge in [0.05, 0.1) is 32.5 Å². The number of hydrogen-bond donors (Lipinski definition) is 12. The van der Waals surface area contributed by atoms with Crippen LogP contribution in [0.2, 0.25) is 0 Å². The van der Waals surface area contributed by atoms with Gasteiger partial charge in [-0.3, -0.25) is 0 Å². The summed E-state index contributed by atoms with van der Waals surface area (Å²) in [6.45, 7) is 0.878. The van der Waals surface area contributed by atoms with Crippen molar-refractivity contribution in [2.24, 2.45) is 0 Å². The highest BCUT2D eigenvalue weighted by Crippen LogP contribution is 2.52. The van der Waals surface area contributed by atoms with Crippen molar-refractivity contribution in [3.8, 4) is 68.8 Å². The van der Waals surface area contributed by atoms with Crippen molar-refractivity contribution < 1.29 is 84.6 Å². The molecule has 0 bridgehead atoms. The molecule has 4 aromatic carbocycles. The van der Waals surface area contributed by atoms with Crippen molar-refractivity contribution in [1.82, 2.24) is 0 Å². The van der Waals surface area contributed by atoms with Crippen LogP contribution >= 0.6 is 0 Å². The van der Waals surface area contributed by atoms with Gasteiger partial charge in [-0.05, 0) is 29.7 Å². The van der Waals surface area contributed by atoms with Crippen molar-refractivity contribution in [2.75, 3.05) is 20.8 Å². The minimum Gasteiger partial charge on any atom is -0.508 e. The van der Waals surface area contributed by atoms with E-state index < -0.39 is 72.5 Å². The van der Waals surface area contributed by atoms with Crippen LogP contribution in [0.15, 0.2) is 52.9 Å². The van der Waals surface area contributed by atoms with Crippen molar-refractivity contribution in [2.45, 2.75) is 68.4 Å². The summed E-state index contributed by atoms with van der Waals surface area (Å²) >= 11 is 0. The average Bonchev–Trinajstić information content (AvgIpc) is 3.19. The van der Waals surface area contributed by atoms with Crippen LogP contribution in [0.4, 0.5) is 0 Å². The molecule has 0 spiro atoms. The van der Waals surface area contributed by atoms with E-state index >= 15 is 0 Å². The van der Waals surface area contributed by atoms with E-state index in [0.717, 1.165) is 12.1 Å². The van der Waals surface area contributed by atoms with E-state index in [-0.39, 0.29) is 86.5 Å². The van der Waals surface area contributed by atoms with Gasteiger partial charge in [0.15, 0.2) is 23.0 Å². The van der Waals surface area contributed by atoms with Crippen molar-refractivity contribution >= 4 is 11.0 Å². The topological polar surface area (TPSA) is 291 Å². The van der Waals surface area contributed by atoms with Crippen LogP contribution in [0.5, 0.6) is 57.5 Å². The molecule has 8 atom stereocenters. The Bertz CT molecular complexity index is 2350. The number of aliphatic hydroxyl groups is 5. The van der Waals surface area contributed by atoms with Gasteiger partial charge in [0.25, 0.3) is 0 Å². The van der Waals surface area contributed by atoms with Gasteiger partial charge in [-0.1, -0.05) is 13.0 Å². The maximum absolute atomic E-state index is 11.6. The largest absolute Gasteiger partial charge is 0.508 e.